The molecule has 0 bridgehead atoms. The minimum Gasteiger partial charge on any atom is -0.365 e. The maximum absolute atomic E-state index is 12.7. The number of halogens is 3. The van der Waals surface area contributed by atoms with E-state index in [4.69, 9.17) is 11.1 Å². The van der Waals surface area contributed by atoms with Crippen molar-refractivity contribution < 1.29 is 26.4 Å². The highest BCUT2D eigenvalue weighted by Crippen LogP contribution is 2.36. The molecule has 4 N–H and O–H groups in total. The van der Waals surface area contributed by atoms with Crippen molar-refractivity contribution in [1.82, 2.24) is 9.78 Å². The molecule has 0 aliphatic heterocycles. The van der Waals surface area contributed by atoms with Gasteiger partial charge in [-0.3, -0.25) is 9.48 Å². The van der Waals surface area contributed by atoms with Crippen molar-refractivity contribution in [2.45, 2.75) is 49.1 Å². The van der Waals surface area contributed by atoms with Crippen molar-refractivity contribution in [1.29, 1.82) is 5.41 Å². The molecule has 168 valence electrons. The molecule has 0 radical (unpaired) electrons. The molecule has 1 aliphatic rings. The van der Waals surface area contributed by atoms with E-state index >= 15 is 0 Å². The van der Waals surface area contributed by atoms with Gasteiger partial charge < -0.3 is 16.5 Å². The smallest absolute Gasteiger partial charge is 0.365 e. The van der Waals surface area contributed by atoms with Crippen LogP contribution in [0.15, 0.2) is 35.4 Å². The van der Waals surface area contributed by atoms with Crippen LogP contribution >= 0.6 is 0 Å². The van der Waals surface area contributed by atoms with Gasteiger partial charge in [0.15, 0.2) is 5.82 Å². The number of alkyl halides is 3. The molecule has 1 aromatic carbocycles. The lowest BCUT2D eigenvalue weighted by Gasteiger charge is -2.31. The number of benzene rings is 1. The maximum Gasteiger partial charge on any atom is 0.501 e. The summed E-state index contributed by atoms with van der Waals surface area (Å²) >= 11 is 0. The molecule has 2 atom stereocenters. The van der Waals surface area contributed by atoms with E-state index in [1.807, 2.05) is 0 Å². The van der Waals surface area contributed by atoms with E-state index in [1.54, 1.807) is 11.6 Å². The van der Waals surface area contributed by atoms with Gasteiger partial charge >= 0.3 is 5.51 Å². The van der Waals surface area contributed by atoms with E-state index in [1.165, 1.54) is 6.20 Å². The lowest BCUT2D eigenvalue weighted by molar-refractivity contribution is -0.0436. The zero-order chi connectivity index (χ0) is 23.0. The summed E-state index contributed by atoms with van der Waals surface area (Å²) in [5.74, 6) is -0.663. The lowest BCUT2D eigenvalue weighted by atomic mass is 9.82. The summed E-state index contributed by atoms with van der Waals surface area (Å²) < 4.78 is 62.7. The van der Waals surface area contributed by atoms with Crippen LogP contribution in [-0.4, -0.2) is 35.3 Å². The zero-order valence-electron chi connectivity index (χ0n) is 16.6. The molecule has 0 saturated heterocycles. The summed E-state index contributed by atoms with van der Waals surface area (Å²) in [5.41, 5.74) is 0.897. The number of amides is 1. The second kappa shape index (κ2) is 8.33. The third-order valence-electron chi connectivity index (χ3n) is 5.35. The predicted octanol–water partition coefficient (Wildman–Crippen LogP) is 3.79. The summed E-state index contributed by atoms with van der Waals surface area (Å²) in [6, 6.07) is 3.82. The topological polar surface area (TPSA) is 131 Å². The Balaban J connectivity index is 1.90. The number of rotatable bonds is 6. The molecule has 2 unspecified atom stereocenters. The average molecular weight is 457 g/mol. The molecule has 1 aliphatic carbocycles. The van der Waals surface area contributed by atoms with Gasteiger partial charge in [0.05, 0.1) is 10.9 Å². The molecule has 1 heterocycles. The van der Waals surface area contributed by atoms with Crippen LogP contribution in [0.3, 0.4) is 0 Å². The average Bonchev–Trinajstić information content (AvgIpc) is 3.11. The van der Waals surface area contributed by atoms with Crippen molar-refractivity contribution in [2.24, 2.45) is 11.7 Å². The first kappa shape index (κ1) is 22.8. The molecule has 2 aromatic rings. The van der Waals surface area contributed by atoms with E-state index in [0.717, 1.165) is 49.9 Å². The predicted molar refractivity (Wildman–Crippen MR) is 108 cm³/mol. The Kier molecular flexibility index (Phi) is 6.12. The molecule has 0 spiro atoms. The SMILES string of the molecule is CC(=N)C1CCCCC1n1cc(C(N)=O)c(Nc2ccc(S(=O)(=O)C(F)(F)F)cc2)n1. The van der Waals surface area contributed by atoms with Crippen molar-refractivity contribution in [3.05, 3.63) is 36.0 Å². The Morgan fingerprint density at radius 3 is 2.39 bits per heavy atom. The number of nitrogens with two attached hydrogens (primary N) is 1. The highest BCUT2D eigenvalue weighted by molar-refractivity contribution is 7.92. The number of carbonyl (C=O) groups excluding carboxylic acids is 1. The number of sulfone groups is 1. The van der Waals surface area contributed by atoms with Crippen LogP contribution in [0.1, 0.15) is 49.0 Å². The molecular weight excluding hydrogens is 435 g/mol. The summed E-state index contributed by atoms with van der Waals surface area (Å²) in [6.45, 7) is 1.73. The molecule has 1 saturated carbocycles. The largest absolute Gasteiger partial charge is 0.501 e. The van der Waals surface area contributed by atoms with Gasteiger partial charge in [-0.1, -0.05) is 12.8 Å². The standard InChI is InChI=1S/C19H22F3N5O3S/c1-11(23)14-4-2-3-5-16(14)27-10-15(17(24)28)18(26-27)25-12-6-8-13(9-7-12)31(29,30)19(20,21)22/h6-10,14,16,23H,2-5H2,1H3,(H2,24,28)(H,25,26). The Morgan fingerprint density at radius 1 is 1.23 bits per heavy atom. The van der Waals surface area contributed by atoms with Crippen molar-refractivity contribution >= 4 is 33.0 Å². The van der Waals surface area contributed by atoms with E-state index < -0.39 is 26.1 Å². The van der Waals surface area contributed by atoms with Crippen LogP contribution in [-0.2, 0) is 9.84 Å². The molecule has 8 nitrogen and oxygen atoms in total. The summed E-state index contributed by atoms with van der Waals surface area (Å²) in [6.07, 6.45) is 5.07. The minimum atomic E-state index is -5.45. The molecule has 31 heavy (non-hydrogen) atoms. The second-order valence-electron chi connectivity index (χ2n) is 7.48. The zero-order valence-corrected chi connectivity index (χ0v) is 17.4. The number of anilines is 2. The van der Waals surface area contributed by atoms with Crippen LogP contribution in [0, 0.1) is 11.3 Å². The minimum absolute atomic E-state index is 0.0194. The van der Waals surface area contributed by atoms with Crippen molar-refractivity contribution in [3.8, 4) is 0 Å². The molecule has 1 aromatic heterocycles. The van der Waals surface area contributed by atoms with Gasteiger partial charge in [0.1, 0.15) is 5.56 Å². The van der Waals surface area contributed by atoms with Gasteiger partial charge in [-0.15, -0.1) is 0 Å². The van der Waals surface area contributed by atoms with E-state index in [9.17, 15) is 26.4 Å². The van der Waals surface area contributed by atoms with E-state index in [-0.39, 0.29) is 29.0 Å². The van der Waals surface area contributed by atoms with Gasteiger partial charge in [0.25, 0.3) is 15.7 Å². The van der Waals surface area contributed by atoms with Crippen LogP contribution in [0.5, 0.6) is 0 Å². The Morgan fingerprint density at radius 2 is 1.84 bits per heavy atom. The summed E-state index contributed by atoms with van der Waals surface area (Å²) in [4.78, 5) is 11.0. The Bertz CT molecular complexity index is 1090. The number of nitrogens with zero attached hydrogens (tertiary/aromatic N) is 2. The Hall–Kier alpha value is -2.89. The number of primary amides is 1. The number of aromatic nitrogens is 2. The summed E-state index contributed by atoms with van der Waals surface area (Å²) in [5, 5.41) is 15.2. The van der Waals surface area contributed by atoms with Crippen LogP contribution < -0.4 is 11.1 Å². The third-order valence-corrected chi connectivity index (χ3v) is 6.86. The molecule has 1 amide bonds. The molecule has 1 fully saturated rings. The summed E-state index contributed by atoms with van der Waals surface area (Å²) in [7, 11) is -5.45. The van der Waals surface area contributed by atoms with E-state index in [2.05, 4.69) is 10.4 Å². The monoisotopic (exact) mass is 457 g/mol. The van der Waals surface area contributed by atoms with Gasteiger partial charge in [-0.2, -0.15) is 18.3 Å². The first-order valence-electron chi connectivity index (χ1n) is 9.54. The highest BCUT2D eigenvalue weighted by atomic mass is 32.2. The Labute approximate surface area is 177 Å². The first-order chi connectivity index (χ1) is 14.4. The molecule has 3 rings (SSSR count). The number of hydrogen-bond acceptors (Lipinski definition) is 6. The maximum atomic E-state index is 12.7. The van der Waals surface area contributed by atoms with Crippen molar-refractivity contribution in [3.63, 3.8) is 0 Å². The fourth-order valence-electron chi connectivity index (χ4n) is 3.75. The number of hydrogen-bond donors (Lipinski definition) is 3. The van der Waals surface area contributed by atoms with Gasteiger partial charge in [0, 0.05) is 23.5 Å². The van der Waals surface area contributed by atoms with Crippen molar-refractivity contribution in [2.75, 3.05) is 5.32 Å². The fraction of sp³-hybridized carbons (Fsp3) is 0.421. The fourth-order valence-corrected chi connectivity index (χ4v) is 4.52. The quantitative estimate of drug-likeness (QED) is 0.568. The normalized spacial score (nSPS) is 19.7. The molecule has 12 heteroatoms. The van der Waals surface area contributed by atoms with Crippen LogP contribution in [0.4, 0.5) is 24.7 Å². The van der Waals surface area contributed by atoms with Crippen LogP contribution in [0.25, 0.3) is 0 Å². The first-order valence-corrected chi connectivity index (χ1v) is 11.0. The molecular formula is C19H22F3N5O3S. The second-order valence-corrected chi connectivity index (χ2v) is 9.42. The van der Waals surface area contributed by atoms with Gasteiger partial charge in [-0.05, 0) is 44.0 Å². The van der Waals surface area contributed by atoms with E-state index in [0.29, 0.717) is 5.71 Å². The van der Waals surface area contributed by atoms with Gasteiger partial charge in [-0.25, -0.2) is 8.42 Å². The van der Waals surface area contributed by atoms with Crippen LogP contribution in [0.2, 0.25) is 0 Å². The third kappa shape index (κ3) is 4.58. The van der Waals surface area contributed by atoms with Gasteiger partial charge in [0.2, 0.25) is 0 Å². The number of nitrogens with one attached hydrogen (secondary N) is 2. The number of carbonyl (C=O) groups is 1. The lowest BCUT2D eigenvalue weighted by Crippen LogP contribution is -2.28. The highest BCUT2D eigenvalue weighted by Gasteiger charge is 2.46.